The molecule has 0 fully saturated rings. The summed E-state index contributed by atoms with van der Waals surface area (Å²) >= 11 is 5.51. The molecule has 0 radical (unpaired) electrons. The molecular weight excluding hydrogens is 182 g/mol. The van der Waals surface area contributed by atoms with Crippen molar-refractivity contribution in [2.45, 2.75) is 39.5 Å². The highest BCUT2D eigenvalue weighted by molar-refractivity contribution is 6.25. The van der Waals surface area contributed by atoms with E-state index in [4.69, 9.17) is 11.6 Å². The fraction of sp³-hybridized carbons (Fsp3) is 0.818. The second-order valence-electron chi connectivity index (χ2n) is 3.37. The normalized spacial score (nSPS) is 11.7. The van der Waals surface area contributed by atoms with Crippen LogP contribution in [0.3, 0.4) is 0 Å². The second kappa shape index (κ2) is 10.1. The zero-order valence-corrected chi connectivity index (χ0v) is 9.69. The average molecular weight is 204 g/mol. The third-order valence-corrected chi connectivity index (χ3v) is 2.29. The van der Waals surface area contributed by atoms with Gasteiger partial charge in [-0.25, -0.2) is 0 Å². The summed E-state index contributed by atoms with van der Waals surface area (Å²) in [5.41, 5.74) is 1.62. The Kier molecular flexibility index (Phi) is 10.1. The summed E-state index contributed by atoms with van der Waals surface area (Å²) < 4.78 is 0. The van der Waals surface area contributed by atoms with Crippen molar-refractivity contribution in [3.05, 3.63) is 11.6 Å². The van der Waals surface area contributed by atoms with Crippen LogP contribution in [-0.2, 0) is 0 Å². The summed E-state index contributed by atoms with van der Waals surface area (Å²) in [7, 11) is 0. The molecule has 0 saturated heterocycles. The van der Waals surface area contributed by atoms with E-state index in [0.29, 0.717) is 0 Å². The van der Waals surface area contributed by atoms with E-state index in [2.05, 4.69) is 18.7 Å². The topological polar surface area (TPSA) is 3.24 Å². The minimum atomic E-state index is 1.00. The molecule has 0 rings (SSSR count). The first-order valence-corrected chi connectivity index (χ1v) is 5.76. The van der Waals surface area contributed by atoms with Gasteiger partial charge < -0.3 is 0 Å². The summed E-state index contributed by atoms with van der Waals surface area (Å²) in [5, 5.41) is 0. The zero-order chi connectivity index (χ0) is 9.94. The van der Waals surface area contributed by atoms with E-state index in [-0.39, 0.29) is 0 Å². The molecule has 0 amide bonds. The number of hydrogen-bond acceptors (Lipinski definition) is 1. The molecule has 1 nitrogen and oxygen atoms in total. The Morgan fingerprint density at radius 3 is 2.00 bits per heavy atom. The predicted octanol–water partition coefficient (Wildman–Crippen LogP) is 3.64. The van der Waals surface area contributed by atoms with E-state index < -0.39 is 0 Å². The maximum Gasteiger partial charge on any atom is 0.0174 e. The monoisotopic (exact) mass is 203 g/mol. The molecule has 0 aromatic carbocycles. The Hall–Kier alpha value is -0.0100. The van der Waals surface area contributed by atoms with E-state index in [9.17, 15) is 0 Å². The molecule has 0 aliphatic carbocycles. The van der Waals surface area contributed by atoms with Gasteiger partial charge in [-0.05, 0) is 25.9 Å². The van der Waals surface area contributed by atoms with E-state index in [1.54, 1.807) is 5.54 Å². The molecule has 2 heteroatoms. The van der Waals surface area contributed by atoms with Crippen molar-refractivity contribution in [3.8, 4) is 0 Å². The van der Waals surface area contributed by atoms with Gasteiger partial charge in [-0.15, -0.1) is 0 Å². The SMILES string of the molecule is CCCCN(CC=CCl)CCCC. The Labute approximate surface area is 87.8 Å². The lowest BCUT2D eigenvalue weighted by Gasteiger charge is -2.19. The van der Waals surface area contributed by atoms with Crippen LogP contribution >= 0.6 is 11.6 Å². The fourth-order valence-corrected chi connectivity index (χ4v) is 1.33. The highest BCUT2D eigenvalue weighted by Gasteiger charge is 2.00. The van der Waals surface area contributed by atoms with Crippen molar-refractivity contribution < 1.29 is 0 Å². The van der Waals surface area contributed by atoms with E-state index >= 15 is 0 Å². The molecule has 0 aromatic rings. The van der Waals surface area contributed by atoms with Gasteiger partial charge >= 0.3 is 0 Å². The van der Waals surface area contributed by atoms with Crippen LogP contribution in [0.1, 0.15) is 39.5 Å². The Morgan fingerprint density at radius 2 is 1.62 bits per heavy atom. The maximum atomic E-state index is 5.51. The van der Waals surface area contributed by atoms with Crippen LogP contribution in [0.15, 0.2) is 11.6 Å². The van der Waals surface area contributed by atoms with Gasteiger partial charge in [0.1, 0.15) is 0 Å². The Bertz CT molecular complexity index is 115. The van der Waals surface area contributed by atoms with E-state index in [1.165, 1.54) is 38.8 Å². The molecule has 0 spiro atoms. The number of nitrogens with zero attached hydrogens (tertiary/aromatic N) is 1. The van der Waals surface area contributed by atoms with Gasteiger partial charge in [0.05, 0.1) is 0 Å². The highest BCUT2D eigenvalue weighted by atomic mass is 35.5. The molecule has 0 aromatic heterocycles. The lowest BCUT2D eigenvalue weighted by Crippen LogP contribution is -2.26. The largest absolute Gasteiger partial charge is 0.300 e. The standard InChI is InChI=1S/C11H22ClN/c1-3-5-9-13(10-6-4-2)11-7-8-12/h7-8H,3-6,9-11H2,1-2H3. The molecule has 0 saturated carbocycles. The molecular formula is C11H22ClN. The number of rotatable bonds is 8. The van der Waals surface area contributed by atoms with Crippen molar-refractivity contribution in [1.82, 2.24) is 4.90 Å². The van der Waals surface area contributed by atoms with Gasteiger partial charge in [-0.1, -0.05) is 44.4 Å². The van der Waals surface area contributed by atoms with Crippen molar-refractivity contribution in [2.75, 3.05) is 19.6 Å². The minimum Gasteiger partial charge on any atom is -0.300 e. The number of hydrogen-bond donors (Lipinski definition) is 0. The first-order valence-electron chi connectivity index (χ1n) is 5.32. The van der Waals surface area contributed by atoms with Crippen LogP contribution in [-0.4, -0.2) is 24.5 Å². The average Bonchev–Trinajstić information content (AvgIpc) is 2.17. The highest BCUT2D eigenvalue weighted by Crippen LogP contribution is 1.99. The number of halogens is 1. The lowest BCUT2D eigenvalue weighted by molar-refractivity contribution is 0.292. The zero-order valence-electron chi connectivity index (χ0n) is 8.93. The quantitative estimate of drug-likeness (QED) is 0.582. The van der Waals surface area contributed by atoms with E-state index in [1.807, 2.05) is 6.08 Å². The fourth-order valence-electron chi connectivity index (χ4n) is 1.25. The van der Waals surface area contributed by atoms with Gasteiger partial charge in [0.15, 0.2) is 0 Å². The summed E-state index contributed by atoms with van der Waals surface area (Å²) in [6.07, 6.45) is 7.15. The van der Waals surface area contributed by atoms with Crippen LogP contribution < -0.4 is 0 Å². The molecule has 0 bridgehead atoms. The molecule has 78 valence electrons. The molecule has 0 N–H and O–H groups in total. The third-order valence-electron chi connectivity index (χ3n) is 2.11. The molecule has 0 heterocycles. The summed E-state index contributed by atoms with van der Waals surface area (Å²) in [6, 6.07) is 0. The van der Waals surface area contributed by atoms with Gasteiger partial charge in [0.2, 0.25) is 0 Å². The summed E-state index contributed by atoms with van der Waals surface area (Å²) in [5.74, 6) is 0. The second-order valence-corrected chi connectivity index (χ2v) is 3.62. The summed E-state index contributed by atoms with van der Waals surface area (Å²) in [6.45, 7) is 7.88. The van der Waals surface area contributed by atoms with Crippen LogP contribution in [0.25, 0.3) is 0 Å². The van der Waals surface area contributed by atoms with Crippen molar-refractivity contribution in [3.63, 3.8) is 0 Å². The van der Waals surface area contributed by atoms with Gasteiger partial charge in [-0.2, -0.15) is 0 Å². The van der Waals surface area contributed by atoms with E-state index in [0.717, 1.165) is 6.54 Å². The summed E-state index contributed by atoms with van der Waals surface area (Å²) in [4.78, 5) is 2.46. The van der Waals surface area contributed by atoms with Crippen LogP contribution in [0.2, 0.25) is 0 Å². The Morgan fingerprint density at radius 1 is 1.08 bits per heavy atom. The van der Waals surface area contributed by atoms with Crippen molar-refractivity contribution in [2.24, 2.45) is 0 Å². The molecule has 0 atom stereocenters. The predicted molar refractivity (Wildman–Crippen MR) is 61.2 cm³/mol. The minimum absolute atomic E-state index is 1.00. The van der Waals surface area contributed by atoms with Crippen LogP contribution in [0.5, 0.6) is 0 Å². The van der Waals surface area contributed by atoms with Crippen molar-refractivity contribution >= 4 is 11.6 Å². The van der Waals surface area contributed by atoms with Crippen LogP contribution in [0, 0.1) is 0 Å². The Balaban J connectivity index is 3.59. The smallest absolute Gasteiger partial charge is 0.0174 e. The maximum absolute atomic E-state index is 5.51. The van der Waals surface area contributed by atoms with Gasteiger partial charge in [0.25, 0.3) is 0 Å². The number of unbranched alkanes of at least 4 members (excludes halogenated alkanes) is 2. The van der Waals surface area contributed by atoms with Crippen LogP contribution in [0.4, 0.5) is 0 Å². The molecule has 0 aliphatic heterocycles. The first kappa shape index (κ1) is 13.0. The first-order chi connectivity index (χ1) is 6.35. The molecule has 13 heavy (non-hydrogen) atoms. The van der Waals surface area contributed by atoms with Gasteiger partial charge in [0, 0.05) is 12.1 Å². The lowest BCUT2D eigenvalue weighted by atomic mass is 10.2. The molecule has 0 unspecified atom stereocenters. The van der Waals surface area contributed by atoms with Gasteiger partial charge in [-0.3, -0.25) is 4.90 Å². The van der Waals surface area contributed by atoms with Crippen molar-refractivity contribution in [1.29, 1.82) is 0 Å². The molecule has 0 aliphatic rings. The third kappa shape index (κ3) is 8.32.